The van der Waals surface area contributed by atoms with Gasteiger partial charge in [-0.15, -0.1) is 0 Å². The highest BCUT2D eigenvalue weighted by atomic mass is 15.0. The molecule has 1 aliphatic carbocycles. The van der Waals surface area contributed by atoms with Crippen LogP contribution in [-0.4, -0.2) is 25.0 Å². The molecule has 0 bridgehead atoms. The third-order valence-corrected chi connectivity index (χ3v) is 4.20. The number of hydrogen-bond donors (Lipinski definition) is 1. The van der Waals surface area contributed by atoms with Crippen LogP contribution in [0.3, 0.4) is 0 Å². The first-order valence-electron chi connectivity index (χ1n) is 7.60. The fourth-order valence-corrected chi connectivity index (χ4v) is 2.94. The molecule has 1 saturated carbocycles. The van der Waals surface area contributed by atoms with Crippen molar-refractivity contribution in [1.29, 1.82) is 0 Å². The molecule has 0 atom stereocenters. The maximum Gasteiger partial charge on any atom is 0.0230 e. The second-order valence-electron chi connectivity index (χ2n) is 6.34. The minimum absolute atomic E-state index is 0.726. The molecule has 0 aromatic heterocycles. The zero-order chi connectivity index (χ0) is 13.7. The maximum absolute atomic E-state index is 3.75. The molecule has 0 aliphatic heterocycles. The quantitative estimate of drug-likeness (QED) is 0.872. The van der Waals surface area contributed by atoms with Crippen molar-refractivity contribution in [2.24, 2.45) is 5.92 Å². The summed E-state index contributed by atoms with van der Waals surface area (Å²) in [5, 5.41) is 3.75. The Morgan fingerprint density at radius 3 is 2.32 bits per heavy atom. The van der Waals surface area contributed by atoms with E-state index in [-0.39, 0.29) is 0 Å². The Morgan fingerprint density at radius 2 is 1.68 bits per heavy atom. The van der Waals surface area contributed by atoms with Gasteiger partial charge in [-0.1, -0.05) is 31.2 Å². The highest BCUT2D eigenvalue weighted by molar-refractivity contribution is 5.27. The van der Waals surface area contributed by atoms with E-state index < -0.39 is 0 Å². The molecule has 0 unspecified atom stereocenters. The van der Waals surface area contributed by atoms with Gasteiger partial charge in [-0.05, 0) is 56.8 Å². The number of benzene rings is 1. The fourth-order valence-electron chi connectivity index (χ4n) is 2.94. The standard InChI is InChI=1S/C17H28N2/c1-14-8-10-17(11-9-14)18-12-15-6-4-5-7-16(15)13-19(2)3/h4-7,14,17-18H,8-13H2,1-3H3. The van der Waals surface area contributed by atoms with Crippen molar-refractivity contribution >= 4 is 0 Å². The zero-order valence-corrected chi connectivity index (χ0v) is 12.7. The summed E-state index contributed by atoms with van der Waals surface area (Å²) in [6.45, 7) is 4.42. The summed E-state index contributed by atoms with van der Waals surface area (Å²) < 4.78 is 0. The van der Waals surface area contributed by atoms with E-state index in [2.05, 4.69) is 55.5 Å². The van der Waals surface area contributed by atoms with E-state index in [0.717, 1.165) is 25.0 Å². The van der Waals surface area contributed by atoms with Crippen LogP contribution in [-0.2, 0) is 13.1 Å². The molecule has 2 heteroatoms. The predicted molar refractivity (Wildman–Crippen MR) is 82.1 cm³/mol. The van der Waals surface area contributed by atoms with Crippen LogP contribution in [0.5, 0.6) is 0 Å². The number of hydrogen-bond acceptors (Lipinski definition) is 2. The molecule has 0 heterocycles. The first-order chi connectivity index (χ1) is 9.15. The third kappa shape index (κ3) is 4.63. The summed E-state index contributed by atoms with van der Waals surface area (Å²) in [7, 11) is 4.26. The van der Waals surface area contributed by atoms with E-state index in [4.69, 9.17) is 0 Å². The van der Waals surface area contributed by atoms with E-state index in [1.807, 2.05) is 0 Å². The molecule has 1 aliphatic rings. The van der Waals surface area contributed by atoms with Gasteiger partial charge in [0.15, 0.2) is 0 Å². The lowest BCUT2D eigenvalue weighted by atomic mass is 9.87. The monoisotopic (exact) mass is 260 g/mol. The largest absolute Gasteiger partial charge is 0.310 e. The predicted octanol–water partition coefficient (Wildman–Crippen LogP) is 3.42. The molecule has 1 aromatic carbocycles. The van der Waals surface area contributed by atoms with Crippen molar-refractivity contribution in [2.75, 3.05) is 14.1 Å². The summed E-state index contributed by atoms with van der Waals surface area (Å²) in [5.74, 6) is 0.930. The fraction of sp³-hybridized carbons (Fsp3) is 0.647. The maximum atomic E-state index is 3.75. The lowest BCUT2D eigenvalue weighted by Gasteiger charge is -2.27. The van der Waals surface area contributed by atoms with Crippen LogP contribution < -0.4 is 5.32 Å². The normalized spacial score (nSPS) is 23.8. The molecule has 1 fully saturated rings. The molecular weight excluding hydrogens is 232 g/mol. The highest BCUT2D eigenvalue weighted by Gasteiger charge is 2.17. The van der Waals surface area contributed by atoms with E-state index >= 15 is 0 Å². The Bertz CT molecular complexity index is 379. The molecule has 0 spiro atoms. The summed E-state index contributed by atoms with van der Waals surface area (Å²) in [6.07, 6.45) is 5.46. The average molecular weight is 260 g/mol. The van der Waals surface area contributed by atoms with Gasteiger partial charge >= 0.3 is 0 Å². The van der Waals surface area contributed by atoms with Gasteiger partial charge in [0.1, 0.15) is 0 Å². The number of nitrogens with one attached hydrogen (secondary N) is 1. The number of rotatable bonds is 5. The van der Waals surface area contributed by atoms with Gasteiger partial charge in [0.2, 0.25) is 0 Å². The van der Waals surface area contributed by atoms with E-state index in [9.17, 15) is 0 Å². The Hall–Kier alpha value is -0.860. The molecule has 2 nitrogen and oxygen atoms in total. The van der Waals surface area contributed by atoms with Gasteiger partial charge in [0.05, 0.1) is 0 Å². The van der Waals surface area contributed by atoms with Crippen molar-refractivity contribution in [3.8, 4) is 0 Å². The topological polar surface area (TPSA) is 15.3 Å². The molecule has 0 amide bonds. The van der Waals surface area contributed by atoms with Crippen molar-refractivity contribution < 1.29 is 0 Å². The van der Waals surface area contributed by atoms with Gasteiger partial charge < -0.3 is 10.2 Å². The smallest absolute Gasteiger partial charge is 0.0230 e. The summed E-state index contributed by atoms with van der Waals surface area (Å²) in [5.41, 5.74) is 2.90. The van der Waals surface area contributed by atoms with Crippen molar-refractivity contribution in [3.63, 3.8) is 0 Å². The SMILES string of the molecule is CC1CCC(NCc2ccccc2CN(C)C)CC1. The molecule has 19 heavy (non-hydrogen) atoms. The van der Waals surface area contributed by atoms with Gasteiger partial charge in [-0.25, -0.2) is 0 Å². The van der Waals surface area contributed by atoms with Crippen LogP contribution in [0, 0.1) is 5.92 Å². The number of nitrogens with zero attached hydrogens (tertiary/aromatic N) is 1. The van der Waals surface area contributed by atoms with Gasteiger partial charge in [0, 0.05) is 19.1 Å². The molecule has 0 saturated heterocycles. The Balaban J connectivity index is 1.88. The molecule has 1 aromatic rings. The van der Waals surface area contributed by atoms with Gasteiger partial charge in [-0.2, -0.15) is 0 Å². The summed E-state index contributed by atoms with van der Waals surface area (Å²) >= 11 is 0. The molecule has 106 valence electrons. The minimum atomic E-state index is 0.726. The molecule has 0 radical (unpaired) electrons. The second-order valence-corrected chi connectivity index (χ2v) is 6.34. The Morgan fingerprint density at radius 1 is 1.05 bits per heavy atom. The van der Waals surface area contributed by atoms with Crippen LogP contribution >= 0.6 is 0 Å². The molecular formula is C17H28N2. The van der Waals surface area contributed by atoms with Crippen LogP contribution in [0.2, 0.25) is 0 Å². The average Bonchev–Trinajstić information content (AvgIpc) is 2.39. The Kier molecular flexibility index (Phi) is 5.41. The lowest BCUT2D eigenvalue weighted by Crippen LogP contribution is -2.32. The summed E-state index contributed by atoms with van der Waals surface area (Å²) in [4.78, 5) is 2.24. The summed E-state index contributed by atoms with van der Waals surface area (Å²) in [6, 6.07) is 9.53. The second kappa shape index (κ2) is 7.06. The highest BCUT2D eigenvalue weighted by Crippen LogP contribution is 2.23. The van der Waals surface area contributed by atoms with Crippen molar-refractivity contribution in [2.45, 2.75) is 51.7 Å². The molecule has 2 rings (SSSR count). The van der Waals surface area contributed by atoms with Crippen LogP contribution in [0.4, 0.5) is 0 Å². The van der Waals surface area contributed by atoms with E-state index in [1.54, 1.807) is 0 Å². The van der Waals surface area contributed by atoms with Crippen molar-refractivity contribution in [1.82, 2.24) is 10.2 Å². The third-order valence-electron chi connectivity index (χ3n) is 4.20. The first kappa shape index (κ1) is 14.5. The van der Waals surface area contributed by atoms with E-state index in [0.29, 0.717) is 0 Å². The first-order valence-corrected chi connectivity index (χ1v) is 7.60. The van der Waals surface area contributed by atoms with Gasteiger partial charge in [-0.3, -0.25) is 0 Å². The van der Waals surface area contributed by atoms with Gasteiger partial charge in [0.25, 0.3) is 0 Å². The van der Waals surface area contributed by atoms with Crippen LogP contribution in [0.25, 0.3) is 0 Å². The van der Waals surface area contributed by atoms with Crippen LogP contribution in [0.1, 0.15) is 43.7 Å². The minimum Gasteiger partial charge on any atom is -0.310 e. The van der Waals surface area contributed by atoms with Crippen LogP contribution in [0.15, 0.2) is 24.3 Å². The molecule has 1 N–H and O–H groups in total. The lowest BCUT2D eigenvalue weighted by molar-refractivity contribution is 0.306. The van der Waals surface area contributed by atoms with Crippen molar-refractivity contribution in [3.05, 3.63) is 35.4 Å². The Labute approximate surface area is 118 Å². The van der Waals surface area contributed by atoms with E-state index in [1.165, 1.54) is 36.8 Å². The zero-order valence-electron chi connectivity index (χ0n) is 12.7.